The van der Waals surface area contributed by atoms with Crippen LogP contribution in [0.15, 0.2) is 0 Å². The highest BCUT2D eigenvalue weighted by molar-refractivity contribution is 7.84. The number of piperidine rings is 1. The fourth-order valence-electron chi connectivity index (χ4n) is 3.27. The van der Waals surface area contributed by atoms with Crippen molar-refractivity contribution in [2.75, 3.05) is 19.7 Å². The Balaban J connectivity index is 2.17. The first kappa shape index (κ1) is 17.7. The molecule has 2 saturated heterocycles. The van der Waals surface area contributed by atoms with Crippen molar-refractivity contribution in [2.24, 2.45) is 5.41 Å². The Kier molecular flexibility index (Phi) is 4.63. The van der Waals surface area contributed by atoms with Crippen LogP contribution >= 0.6 is 0 Å². The van der Waals surface area contributed by atoms with E-state index in [0.29, 0.717) is 32.5 Å². The topological polar surface area (TPSA) is 78.9 Å². The number of carbonyl (C=O) groups is 1. The summed E-state index contributed by atoms with van der Waals surface area (Å²) in [6.45, 7) is 11.6. The lowest BCUT2D eigenvalue weighted by Gasteiger charge is -2.44. The van der Waals surface area contributed by atoms with Gasteiger partial charge < -0.3 is 14.7 Å². The molecule has 0 aliphatic carbocycles. The Labute approximate surface area is 135 Å². The molecule has 22 heavy (non-hydrogen) atoms. The summed E-state index contributed by atoms with van der Waals surface area (Å²) >= 11 is 0. The molecule has 1 spiro atoms. The van der Waals surface area contributed by atoms with E-state index in [-0.39, 0.29) is 16.2 Å². The summed E-state index contributed by atoms with van der Waals surface area (Å²) in [5.41, 5.74) is -0.553. The summed E-state index contributed by atoms with van der Waals surface area (Å²) < 4.78 is 21.6. The third-order valence-corrected chi connectivity index (χ3v) is 6.26. The number of ether oxygens (including phenoxy) is 1. The van der Waals surface area contributed by atoms with Gasteiger partial charge in [0.1, 0.15) is 0 Å². The van der Waals surface area contributed by atoms with Crippen LogP contribution in [-0.4, -0.2) is 56.4 Å². The Morgan fingerprint density at radius 3 is 2.32 bits per heavy atom. The van der Waals surface area contributed by atoms with Crippen molar-refractivity contribution in [3.05, 3.63) is 0 Å². The monoisotopic (exact) mass is 332 g/mol. The maximum atomic E-state index is 12.5. The minimum absolute atomic E-state index is 0.0454. The standard InChI is InChI=1S/C15H28N2O4S/c1-13(2,3)22(20)16-11-14(4,5)10-21-15(11)6-8-17(9-7-15)12(18)19/h11,16H,6-10H2,1-5H3,(H,18,19)/t11-,22?/m0/s1. The summed E-state index contributed by atoms with van der Waals surface area (Å²) in [6.07, 6.45) is 0.401. The van der Waals surface area contributed by atoms with Gasteiger partial charge in [0.05, 0.1) is 34.0 Å². The number of hydrogen-bond donors (Lipinski definition) is 2. The molecule has 2 N–H and O–H groups in total. The fourth-order valence-corrected chi connectivity index (χ4v) is 4.37. The van der Waals surface area contributed by atoms with Crippen LogP contribution in [0.25, 0.3) is 0 Å². The molecule has 0 bridgehead atoms. The van der Waals surface area contributed by atoms with Gasteiger partial charge in [0.2, 0.25) is 0 Å². The molecule has 2 fully saturated rings. The van der Waals surface area contributed by atoms with Crippen LogP contribution in [0.1, 0.15) is 47.5 Å². The molecular weight excluding hydrogens is 304 g/mol. The minimum Gasteiger partial charge on any atom is -0.465 e. The van der Waals surface area contributed by atoms with E-state index in [4.69, 9.17) is 9.84 Å². The maximum absolute atomic E-state index is 12.5. The first-order valence-corrected chi connectivity index (χ1v) is 8.93. The van der Waals surface area contributed by atoms with Crippen molar-refractivity contribution in [1.82, 2.24) is 9.62 Å². The van der Waals surface area contributed by atoms with Crippen molar-refractivity contribution >= 4 is 17.1 Å². The molecule has 0 aromatic carbocycles. The third kappa shape index (κ3) is 3.31. The number of nitrogens with zero attached hydrogens (tertiary/aromatic N) is 1. The number of rotatable bonds is 2. The highest BCUT2D eigenvalue weighted by Crippen LogP contribution is 2.45. The maximum Gasteiger partial charge on any atom is 0.407 e. The quantitative estimate of drug-likeness (QED) is 0.810. The fraction of sp³-hybridized carbons (Fsp3) is 0.933. The Bertz CT molecular complexity index is 465. The van der Waals surface area contributed by atoms with Crippen LogP contribution in [0.2, 0.25) is 0 Å². The van der Waals surface area contributed by atoms with Gasteiger partial charge in [-0.15, -0.1) is 0 Å². The zero-order valence-electron chi connectivity index (χ0n) is 14.1. The second-order valence-corrected chi connectivity index (χ2v) is 10.0. The van der Waals surface area contributed by atoms with Gasteiger partial charge in [0, 0.05) is 18.5 Å². The molecule has 0 aromatic rings. The summed E-state index contributed by atoms with van der Waals surface area (Å²) in [4.78, 5) is 12.5. The average Bonchev–Trinajstić information content (AvgIpc) is 2.63. The second-order valence-electron chi connectivity index (χ2n) is 8.04. The predicted octanol–water partition coefficient (Wildman–Crippen LogP) is 1.98. The molecule has 2 aliphatic rings. The number of hydrogen-bond acceptors (Lipinski definition) is 3. The van der Waals surface area contributed by atoms with Crippen LogP contribution in [0.3, 0.4) is 0 Å². The van der Waals surface area contributed by atoms with Crippen LogP contribution in [0.4, 0.5) is 4.79 Å². The van der Waals surface area contributed by atoms with E-state index in [0.717, 1.165) is 0 Å². The zero-order valence-corrected chi connectivity index (χ0v) is 15.0. The van der Waals surface area contributed by atoms with Gasteiger partial charge in [-0.25, -0.2) is 13.7 Å². The van der Waals surface area contributed by atoms with Crippen LogP contribution in [0, 0.1) is 5.41 Å². The zero-order chi connectivity index (χ0) is 16.8. The van der Waals surface area contributed by atoms with Gasteiger partial charge in [-0.2, -0.15) is 0 Å². The van der Waals surface area contributed by atoms with Gasteiger partial charge in [-0.3, -0.25) is 0 Å². The molecule has 7 heteroatoms. The molecule has 1 amide bonds. The van der Waals surface area contributed by atoms with E-state index >= 15 is 0 Å². The van der Waals surface area contributed by atoms with Gasteiger partial charge in [-0.05, 0) is 33.6 Å². The highest BCUT2D eigenvalue weighted by atomic mass is 32.2. The molecule has 2 rings (SSSR count). The van der Waals surface area contributed by atoms with Crippen molar-refractivity contribution in [3.8, 4) is 0 Å². The van der Waals surface area contributed by atoms with Crippen LogP contribution < -0.4 is 4.72 Å². The lowest BCUT2D eigenvalue weighted by molar-refractivity contribution is -0.0491. The van der Waals surface area contributed by atoms with Crippen LogP contribution in [-0.2, 0) is 15.7 Å². The molecule has 2 heterocycles. The van der Waals surface area contributed by atoms with Crippen molar-refractivity contribution < 1.29 is 18.8 Å². The van der Waals surface area contributed by atoms with E-state index in [1.807, 2.05) is 20.8 Å². The van der Waals surface area contributed by atoms with E-state index in [2.05, 4.69) is 18.6 Å². The summed E-state index contributed by atoms with van der Waals surface area (Å²) in [5.74, 6) is 0. The summed E-state index contributed by atoms with van der Waals surface area (Å²) in [7, 11) is -1.18. The lowest BCUT2D eigenvalue weighted by Crippen LogP contribution is -2.59. The Morgan fingerprint density at radius 1 is 1.32 bits per heavy atom. The molecular formula is C15H28N2O4S. The van der Waals surface area contributed by atoms with E-state index in [1.165, 1.54) is 4.90 Å². The highest BCUT2D eigenvalue weighted by Gasteiger charge is 2.56. The Morgan fingerprint density at radius 2 is 1.86 bits per heavy atom. The molecule has 2 aliphatic heterocycles. The lowest BCUT2D eigenvalue weighted by atomic mass is 9.75. The van der Waals surface area contributed by atoms with Gasteiger partial charge >= 0.3 is 6.09 Å². The molecule has 0 saturated carbocycles. The van der Waals surface area contributed by atoms with Crippen molar-refractivity contribution in [2.45, 2.75) is 63.9 Å². The van der Waals surface area contributed by atoms with E-state index in [9.17, 15) is 9.00 Å². The summed E-state index contributed by atoms with van der Waals surface area (Å²) in [6, 6.07) is -0.0454. The smallest absolute Gasteiger partial charge is 0.407 e. The van der Waals surface area contributed by atoms with Crippen molar-refractivity contribution in [1.29, 1.82) is 0 Å². The molecule has 2 atom stereocenters. The predicted molar refractivity (Wildman–Crippen MR) is 86.1 cm³/mol. The molecule has 0 radical (unpaired) electrons. The number of nitrogens with one attached hydrogen (secondary N) is 1. The number of likely N-dealkylation sites (tertiary alicyclic amines) is 1. The first-order chi connectivity index (χ1) is 9.98. The number of carboxylic acid groups (broad SMARTS) is 1. The van der Waals surface area contributed by atoms with Gasteiger partial charge in [-0.1, -0.05) is 13.8 Å². The summed E-state index contributed by atoms with van der Waals surface area (Å²) in [5, 5.41) is 9.11. The molecule has 1 unspecified atom stereocenters. The Hall–Kier alpha value is -0.660. The van der Waals surface area contributed by atoms with E-state index in [1.54, 1.807) is 0 Å². The SMILES string of the molecule is CC1(C)COC2(CCN(C(=O)O)CC2)[C@H]1NS(=O)C(C)(C)C. The molecule has 0 aromatic heterocycles. The van der Waals surface area contributed by atoms with Gasteiger partial charge in [0.15, 0.2) is 0 Å². The second kappa shape index (κ2) is 5.76. The third-order valence-electron chi connectivity index (χ3n) is 4.70. The molecule has 6 nitrogen and oxygen atoms in total. The van der Waals surface area contributed by atoms with E-state index < -0.39 is 22.7 Å². The minimum atomic E-state index is -1.18. The van der Waals surface area contributed by atoms with Gasteiger partial charge in [0.25, 0.3) is 0 Å². The first-order valence-electron chi connectivity index (χ1n) is 7.78. The average molecular weight is 332 g/mol. The van der Waals surface area contributed by atoms with Crippen molar-refractivity contribution in [3.63, 3.8) is 0 Å². The molecule has 128 valence electrons. The number of amides is 1. The normalized spacial score (nSPS) is 28.8. The van der Waals surface area contributed by atoms with Crippen LogP contribution in [0.5, 0.6) is 0 Å². The largest absolute Gasteiger partial charge is 0.465 e.